The molecule has 0 bridgehead atoms. The summed E-state index contributed by atoms with van der Waals surface area (Å²) in [5, 5.41) is 4.51. The van der Waals surface area contributed by atoms with Gasteiger partial charge in [0.05, 0.1) is 11.7 Å². The molecule has 2 aliphatic heterocycles. The summed E-state index contributed by atoms with van der Waals surface area (Å²) < 4.78 is 13.7. The van der Waals surface area contributed by atoms with Gasteiger partial charge < -0.3 is 10.2 Å². The van der Waals surface area contributed by atoms with E-state index >= 15 is 0 Å². The minimum absolute atomic E-state index is 0.221. The van der Waals surface area contributed by atoms with Gasteiger partial charge in [0.1, 0.15) is 17.6 Å². The normalized spacial score (nSPS) is 20.2. The molecule has 2 heterocycles. The average molecular weight is 460 g/mol. The summed E-state index contributed by atoms with van der Waals surface area (Å²) in [6, 6.07) is 10.1. The average Bonchev–Trinajstić information content (AvgIpc) is 3.23. The van der Waals surface area contributed by atoms with Gasteiger partial charge in [0.25, 0.3) is 5.91 Å². The second kappa shape index (κ2) is 8.72. The van der Waals surface area contributed by atoms with Crippen molar-refractivity contribution in [1.29, 1.82) is 0 Å². The molecule has 1 saturated heterocycles. The monoisotopic (exact) mass is 459 g/mol. The molecular weight excluding hydrogens is 441 g/mol. The SMILES string of the molecule is Cc1cc(N2C(=O)C3SC=CC3N(CC(=O)NCc3ccccc3Cl)C2=O)ccc1F. The lowest BCUT2D eigenvalue weighted by atomic mass is 10.1. The number of fused-ring (bicyclic) bond motifs is 1. The van der Waals surface area contributed by atoms with E-state index in [1.807, 2.05) is 6.07 Å². The van der Waals surface area contributed by atoms with Crippen molar-refractivity contribution in [2.45, 2.75) is 24.8 Å². The minimum atomic E-state index is -0.614. The Morgan fingerprint density at radius 2 is 2.00 bits per heavy atom. The number of urea groups is 1. The number of halogens is 2. The Balaban J connectivity index is 1.54. The number of anilines is 1. The molecule has 2 aromatic rings. The topological polar surface area (TPSA) is 69.7 Å². The highest BCUT2D eigenvalue weighted by Crippen LogP contribution is 2.36. The fourth-order valence-corrected chi connectivity index (χ4v) is 4.81. The molecule has 31 heavy (non-hydrogen) atoms. The zero-order valence-corrected chi connectivity index (χ0v) is 18.1. The number of nitrogens with one attached hydrogen (secondary N) is 1. The van der Waals surface area contributed by atoms with Gasteiger partial charge in [0.2, 0.25) is 5.91 Å². The zero-order valence-electron chi connectivity index (χ0n) is 16.5. The largest absolute Gasteiger partial charge is 0.350 e. The number of carbonyl (C=O) groups excluding carboxylic acids is 3. The van der Waals surface area contributed by atoms with Crippen LogP contribution in [-0.4, -0.2) is 40.6 Å². The predicted molar refractivity (Wildman–Crippen MR) is 118 cm³/mol. The predicted octanol–water partition coefficient (Wildman–Crippen LogP) is 3.87. The molecule has 4 rings (SSSR count). The summed E-state index contributed by atoms with van der Waals surface area (Å²) in [7, 11) is 0. The molecule has 4 amide bonds. The van der Waals surface area contributed by atoms with Crippen LogP contribution in [0.4, 0.5) is 14.9 Å². The van der Waals surface area contributed by atoms with Gasteiger partial charge in [0.15, 0.2) is 0 Å². The van der Waals surface area contributed by atoms with Crippen LogP contribution in [0, 0.1) is 12.7 Å². The number of benzene rings is 2. The number of amides is 4. The highest BCUT2D eigenvalue weighted by molar-refractivity contribution is 8.03. The maximum absolute atomic E-state index is 13.7. The number of hydrogen-bond acceptors (Lipinski definition) is 4. The first-order valence-electron chi connectivity index (χ1n) is 9.60. The summed E-state index contributed by atoms with van der Waals surface area (Å²) >= 11 is 7.42. The Labute approximate surface area is 188 Å². The summed E-state index contributed by atoms with van der Waals surface area (Å²) in [6.07, 6.45) is 1.75. The van der Waals surface area contributed by atoms with Gasteiger partial charge in [0, 0.05) is 11.6 Å². The molecular formula is C22H19ClFN3O3S. The van der Waals surface area contributed by atoms with Crippen molar-refractivity contribution in [3.63, 3.8) is 0 Å². The summed E-state index contributed by atoms with van der Waals surface area (Å²) in [6.45, 7) is 1.56. The Morgan fingerprint density at radius 3 is 2.74 bits per heavy atom. The van der Waals surface area contributed by atoms with Crippen molar-refractivity contribution in [3.05, 3.63) is 75.9 Å². The Kier molecular flexibility index (Phi) is 6.02. The number of aryl methyl sites for hydroxylation is 1. The molecule has 2 unspecified atom stereocenters. The molecule has 1 N–H and O–H groups in total. The van der Waals surface area contributed by atoms with E-state index in [0.717, 1.165) is 10.5 Å². The van der Waals surface area contributed by atoms with Crippen molar-refractivity contribution in [3.8, 4) is 0 Å². The van der Waals surface area contributed by atoms with Crippen molar-refractivity contribution < 1.29 is 18.8 Å². The van der Waals surface area contributed by atoms with E-state index in [9.17, 15) is 18.8 Å². The van der Waals surface area contributed by atoms with E-state index < -0.39 is 23.1 Å². The van der Waals surface area contributed by atoms with Crippen LogP contribution in [0.1, 0.15) is 11.1 Å². The molecule has 0 spiro atoms. The molecule has 2 aliphatic rings. The smallest absolute Gasteiger partial charge is 0.332 e. The van der Waals surface area contributed by atoms with Crippen molar-refractivity contribution >= 4 is 46.9 Å². The Morgan fingerprint density at radius 1 is 1.23 bits per heavy atom. The van der Waals surface area contributed by atoms with Crippen molar-refractivity contribution in [2.24, 2.45) is 0 Å². The molecule has 1 fully saturated rings. The summed E-state index contributed by atoms with van der Waals surface area (Å²) in [5.41, 5.74) is 1.36. The zero-order chi connectivity index (χ0) is 22.1. The minimum Gasteiger partial charge on any atom is -0.350 e. The lowest BCUT2D eigenvalue weighted by Crippen LogP contribution is -2.63. The molecule has 0 aliphatic carbocycles. The highest BCUT2D eigenvalue weighted by Gasteiger charge is 2.48. The molecule has 0 aromatic heterocycles. The third-order valence-corrected chi connectivity index (χ3v) is 6.68. The van der Waals surface area contributed by atoms with Gasteiger partial charge in [-0.3, -0.25) is 9.59 Å². The second-order valence-corrected chi connectivity index (χ2v) is 8.72. The molecule has 9 heteroatoms. The van der Waals surface area contributed by atoms with Crippen LogP contribution in [0.2, 0.25) is 5.02 Å². The molecule has 0 radical (unpaired) electrons. The van der Waals surface area contributed by atoms with Crippen LogP contribution in [0.5, 0.6) is 0 Å². The number of hydrogen-bond donors (Lipinski definition) is 1. The van der Waals surface area contributed by atoms with Gasteiger partial charge in [-0.25, -0.2) is 14.1 Å². The quantitative estimate of drug-likeness (QED) is 0.737. The summed E-state index contributed by atoms with van der Waals surface area (Å²) in [4.78, 5) is 41.2. The molecule has 160 valence electrons. The number of rotatable bonds is 5. The number of carbonyl (C=O) groups is 3. The van der Waals surface area contributed by atoms with Gasteiger partial charge in [-0.2, -0.15) is 0 Å². The van der Waals surface area contributed by atoms with E-state index in [1.165, 1.54) is 34.9 Å². The van der Waals surface area contributed by atoms with E-state index in [0.29, 0.717) is 10.6 Å². The lowest BCUT2D eigenvalue weighted by Gasteiger charge is -2.40. The number of imide groups is 1. The number of nitrogens with zero attached hydrogens (tertiary/aromatic N) is 2. The Bertz CT molecular complexity index is 1090. The number of thioether (sulfide) groups is 1. The standard InChI is InChI=1S/C22H19ClFN3O3S/c1-13-10-15(6-7-17(13)24)27-21(29)20-18(8-9-31-20)26(22(27)30)12-19(28)25-11-14-4-2-3-5-16(14)23/h2-10,18,20H,11-12H2,1H3,(H,25,28). The van der Waals surface area contributed by atoms with E-state index in [1.54, 1.807) is 36.6 Å². The van der Waals surface area contributed by atoms with Crippen LogP contribution >= 0.6 is 23.4 Å². The van der Waals surface area contributed by atoms with Gasteiger partial charge >= 0.3 is 6.03 Å². The van der Waals surface area contributed by atoms with Gasteiger partial charge in [-0.1, -0.05) is 35.9 Å². The third kappa shape index (κ3) is 4.18. The first-order chi connectivity index (χ1) is 14.9. The fraction of sp³-hybridized carbons (Fsp3) is 0.227. The van der Waals surface area contributed by atoms with Crippen molar-refractivity contribution in [2.75, 3.05) is 11.4 Å². The summed E-state index contributed by atoms with van der Waals surface area (Å²) in [5.74, 6) is -1.18. The second-order valence-electron chi connectivity index (χ2n) is 7.26. The molecule has 0 saturated carbocycles. The van der Waals surface area contributed by atoms with Crippen LogP contribution in [-0.2, 0) is 16.1 Å². The first-order valence-corrected chi connectivity index (χ1v) is 10.9. The van der Waals surface area contributed by atoms with Crippen LogP contribution in [0.25, 0.3) is 0 Å². The van der Waals surface area contributed by atoms with E-state index in [-0.39, 0.29) is 30.6 Å². The van der Waals surface area contributed by atoms with E-state index in [4.69, 9.17) is 11.6 Å². The Hall–Kier alpha value is -2.84. The third-order valence-electron chi connectivity index (χ3n) is 5.22. The lowest BCUT2D eigenvalue weighted by molar-refractivity contribution is -0.124. The highest BCUT2D eigenvalue weighted by atomic mass is 35.5. The molecule has 2 atom stereocenters. The van der Waals surface area contributed by atoms with Gasteiger partial charge in [-0.05, 0) is 47.7 Å². The van der Waals surface area contributed by atoms with Crippen molar-refractivity contribution in [1.82, 2.24) is 10.2 Å². The molecule has 6 nitrogen and oxygen atoms in total. The van der Waals surface area contributed by atoms with Crippen LogP contribution < -0.4 is 10.2 Å². The molecule has 2 aromatic carbocycles. The fourth-order valence-electron chi connectivity index (χ4n) is 3.57. The van der Waals surface area contributed by atoms with E-state index in [2.05, 4.69) is 5.32 Å². The van der Waals surface area contributed by atoms with Gasteiger partial charge in [-0.15, -0.1) is 11.8 Å². The first kappa shape index (κ1) is 21.4. The van der Waals surface area contributed by atoms with Crippen LogP contribution in [0.3, 0.4) is 0 Å². The van der Waals surface area contributed by atoms with Crippen LogP contribution in [0.15, 0.2) is 53.9 Å². The maximum Gasteiger partial charge on any atom is 0.332 e. The maximum atomic E-state index is 13.7.